The van der Waals surface area contributed by atoms with Crippen molar-refractivity contribution in [3.8, 4) is 5.75 Å². The molecule has 1 aromatic carbocycles. The first-order valence-electron chi connectivity index (χ1n) is 9.90. The van der Waals surface area contributed by atoms with Gasteiger partial charge in [-0.3, -0.25) is 19.7 Å². The first-order valence-corrected chi connectivity index (χ1v) is 9.90. The van der Waals surface area contributed by atoms with Crippen molar-refractivity contribution in [2.75, 3.05) is 19.7 Å². The van der Waals surface area contributed by atoms with Crippen LogP contribution in [0.15, 0.2) is 23.2 Å². The second kappa shape index (κ2) is 8.10. The molecule has 0 bridgehead atoms. The number of amides is 2. The van der Waals surface area contributed by atoms with E-state index in [9.17, 15) is 19.5 Å². The Kier molecular flexibility index (Phi) is 5.37. The van der Waals surface area contributed by atoms with Crippen molar-refractivity contribution >= 4 is 29.4 Å². The van der Waals surface area contributed by atoms with Crippen molar-refractivity contribution < 1.29 is 24.2 Å². The summed E-state index contributed by atoms with van der Waals surface area (Å²) in [6.45, 7) is 0.239. The van der Waals surface area contributed by atoms with Gasteiger partial charge in [0.05, 0.1) is 0 Å². The highest BCUT2D eigenvalue weighted by Gasteiger charge is 2.31. The Morgan fingerprint density at radius 2 is 2.03 bits per heavy atom. The molecule has 2 amide bonds. The molecule has 2 N–H and O–H groups in total. The summed E-state index contributed by atoms with van der Waals surface area (Å²) in [4.78, 5) is 43.4. The molecule has 3 aliphatic rings. The topological polar surface area (TPSA) is 112 Å². The van der Waals surface area contributed by atoms with E-state index >= 15 is 0 Å². The van der Waals surface area contributed by atoms with Crippen LogP contribution in [0.5, 0.6) is 5.75 Å². The molecule has 1 saturated carbocycles. The Bertz CT molecular complexity index is 862. The number of guanidine groups is 1. The SMILES string of the molecule is O=C(O)CN(C(=O)COc1cccc2c1N=C1NC(=O)CN1C2)C1CCCCC1. The van der Waals surface area contributed by atoms with E-state index in [1.165, 1.54) is 4.90 Å². The summed E-state index contributed by atoms with van der Waals surface area (Å²) in [7, 11) is 0. The molecule has 2 fully saturated rings. The number of nitrogens with zero attached hydrogens (tertiary/aromatic N) is 3. The van der Waals surface area contributed by atoms with Crippen LogP contribution in [0.4, 0.5) is 5.69 Å². The van der Waals surface area contributed by atoms with E-state index < -0.39 is 5.97 Å². The molecule has 0 spiro atoms. The molecule has 4 rings (SSSR count). The largest absolute Gasteiger partial charge is 0.481 e. The second-order valence-corrected chi connectivity index (χ2v) is 7.60. The molecule has 0 atom stereocenters. The zero-order valence-corrected chi connectivity index (χ0v) is 16.1. The van der Waals surface area contributed by atoms with Crippen LogP contribution in [0.25, 0.3) is 0 Å². The van der Waals surface area contributed by atoms with Crippen LogP contribution in [-0.4, -0.2) is 64.4 Å². The number of hydrogen-bond acceptors (Lipinski definition) is 6. The summed E-state index contributed by atoms with van der Waals surface area (Å²) in [5, 5.41) is 11.9. The number of benzene rings is 1. The zero-order valence-electron chi connectivity index (χ0n) is 16.1. The van der Waals surface area contributed by atoms with Gasteiger partial charge >= 0.3 is 5.97 Å². The zero-order chi connectivity index (χ0) is 20.4. The summed E-state index contributed by atoms with van der Waals surface area (Å²) >= 11 is 0. The van der Waals surface area contributed by atoms with Crippen LogP contribution in [0.2, 0.25) is 0 Å². The highest BCUT2D eigenvalue weighted by atomic mass is 16.5. The third-order valence-electron chi connectivity index (χ3n) is 5.54. The van der Waals surface area contributed by atoms with Crippen molar-refractivity contribution in [2.24, 2.45) is 4.99 Å². The molecule has 1 saturated heterocycles. The highest BCUT2D eigenvalue weighted by molar-refractivity contribution is 6.06. The molecule has 9 heteroatoms. The first-order chi connectivity index (χ1) is 14.0. The molecule has 0 radical (unpaired) electrons. The van der Waals surface area contributed by atoms with Crippen molar-refractivity contribution in [3.05, 3.63) is 23.8 Å². The third-order valence-corrected chi connectivity index (χ3v) is 5.54. The van der Waals surface area contributed by atoms with Crippen molar-refractivity contribution in [3.63, 3.8) is 0 Å². The maximum absolute atomic E-state index is 12.8. The summed E-state index contributed by atoms with van der Waals surface area (Å²) in [5.41, 5.74) is 1.50. The van der Waals surface area contributed by atoms with E-state index in [1.54, 1.807) is 6.07 Å². The number of nitrogens with one attached hydrogen (secondary N) is 1. The summed E-state index contributed by atoms with van der Waals surface area (Å²) in [6.07, 6.45) is 4.76. The van der Waals surface area contributed by atoms with E-state index in [0.29, 0.717) is 23.9 Å². The standard InChI is InChI=1S/C20H24N4O5/c25-16-10-23-9-13-5-4-8-15(19(13)22-20(23)21-16)29-12-17(26)24(11-18(27)28)14-6-2-1-3-7-14/h4-5,8,14H,1-3,6-7,9-12H2,(H,27,28)(H,21,22,25). The number of carbonyl (C=O) groups excluding carboxylic acids is 2. The lowest BCUT2D eigenvalue weighted by atomic mass is 9.94. The molecule has 2 heterocycles. The second-order valence-electron chi connectivity index (χ2n) is 7.60. The van der Waals surface area contributed by atoms with Gasteiger partial charge in [-0.1, -0.05) is 31.4 Å². The fraction of sp³-hybridized carbons (Fsp3) is 0.500. The number of fused-ring (bicyclic) bond motifs is 2. The molecule has 29 heavy (non-hydrogen) atoms. The van der Waals surface area contributed by atoms with Gasteiger partial charge < -0.3 is 19.6 Å². The third kappa shape index (κ3) is 4.18. The van der Waals surface area contributed by atoms with E-state index in [-0.39, 0.29) is 37.6 Å². The number of carboxylic acids is 1. The molecule has 0 unspecified atom stereocenters. The number of para-hydroxylation sites is 1. The highest BCUT2D eigenvalue weighted by Crippen LogP contribution is 2.36. The molecular weight excluding hydrogens is 376 g/mol. The number of ether oxygens (including phenoxy) is 1. The molecule has 2 aliphatic heterocycles. The first kappa shape index (κ1) is 19.2. The smallest absolute Gasteiger partial charge is 0.323 e. The van der Waals surface area contributed by atoms with Gasteiger partial charge in [-0.05, 0) is 18.9 Å². The van der Waals surface area contributed by atoms with Crippen molar-refractivity contribution in [1.82, 2.24) is 15.1 Å². The summed E-state index contributed by atoms with van der Waals surface area (Å²) in [6, 6.07) is 5.40. The number of aliphatic carboxylic acids is 1. The lowest BCUT2D eigenvalue weighted by molar-refractivity contribution is -0.147. The predicted octanol–water partition coefficient (Wildman–Crippen LogP) is 1.24. The van der Waals surface area contributed by atoms with E-state index in [1.807, 2.05) is 17.0 Å². The Morgan fingerprint density at radius 3 is 2.79 bits per heavy atom. The predicted molar refractivity (Wildman–Crippen MR) is 104 cm³/mol. The normalized spacial score (nSPS) is 18.4. The van der Waals surface area contributed by atoms with Crippen LogP contribution in [0.1, 0.15) is 37.7 Å². The molecule has 154 valence electrons. The fourth-order valence-corrected chi connectivity index (χ4v) is 4.15. The minimum absolute atomic E-state index is 0.0526. The number of carbonyl (C=O) groups is 3. The minimum atomic E-state index is -1.02. The molecule has 1 aliphatic carbocycles. The molecule has 1 aromatic rings. The van der Waals surface area contributed by atoms with Gasteiger partial charge in [-0.2, -0.15) is 0 Å². The Labute approximate surface area is 168 Å². The van der Waals surface area contributed by atoms with E-state index in [4.69, 9.17) is 4.74 Å². The van der Waals surface area contributed by atoms with Gasteiger partial charge in [-0.25, -0.2) is 4.99 Å². The number of rotatable bonds is 6. The summed E-state index contributed by atoms with van der Waals surface area (Å²) in [5.74, 6) is -0.533. The van der Waals surface area contributed by atoms with Crippen LogP contribution < -0.4 is 10.1 Å². The van der Waals surface area contributed by atoms with Crippen molar-refractivity contribution in [2.45, 2.75) is 44.7 Å². The minimum Gasteiger partial charge on any atom is -0.481 e. The lowest BCUT2D eigenvalue weighted by Crippen LogP contribution is -2.46. The fourth-order valence-electron chi connectivity index (χ4n) is 4.15. The van der Waals surface area contributed by atoms with Gasteiger partial charge in [-0.15, -0.1) is 0 Å². The Balaban J connectivity index is 1.47. The molecular formula is C20H24N4O5. The average Bonchev–Trinajstić information content (AvgIpc) is 3.07. The van der Waals surface area contributed by atoms with Crippen LogP contribution >= 0.6 is 0 Å². The van der Waals surface area contributed by atoms with Gasteiger partial charge in [0.25, 0.3) is 5.91 Å². The van der Waals surface area contributed by atoms with Gasteiger partial charge in [0.2, 0.25) is 11.9 Å². The Morgan fingerprint density at radius 1 is 1.24 bits per heavy atom. The number of aliphatic imine (C=N–C) groups is 1. The number of hydrogen-bond donors (Lipinski definition) is 2. The van der Waals surface area contributed by atoms with Crippen LogP contribution in [0.3, 0.4) is 0 Å². The quantitative estimate of drug-likeness (QED) is 0.743. The Hall–Kier alpha value is -3.10. The van der Waals surface area contributed by atoms with E-state index in [2.05, 4.69) is 10.3 Å². The van der Waals surface area contributed by atoms with Gasteiger partial charge in [0.15, 0.2) is 6.61 Å². The molecule has 0 aromatic heterocycles. The number of carboxylic acid groups (broad SMARTS) is 1. The van der Waals surface area contributed by atoms with Crippen LogP contribution in [-0.2, 0) is 20.9 Å². The lowest BCUT2D eigenvalue weighted by Gasteiger charge is -2.33. The molecule has 9 nitrogen and oxygen atoms in total. The van der Waals surface area contributed by atoms with Crippen molar-refractivity contribution in [1.29, 1.82) is 0 Å². The monoisotopic (exact) mass is 400 g/mol. The maximum atomic E-state index is 12.8. The summed E-state index contributed by atoms with van der Waals surface area (Å²) < 4.78 is 5.77. The van der Waals surface area contributed by atoms with E-state index in [0.717, 1.165) is 37.7 Å². The van der Waals surface area contributed by atoms with Gasteiger partial charge in [0.1, 0.15) is 24.5 Å². The maximum Gasteiger partial charge on any atom is 0.323 e. The average molecular weight is 400 g/mol. The van der Waals surface area contributed by atoms with Crippen LogP contribution in [0, 0.1) is 0 Å². The van der Waals surface area contributed by atoms with Gasteiger partial charge in [0, 0.05) is 18.2 Å².